The van der Waals surface area contributed by atoms with Crippen LogP contribution in [0.2, 0.25) is 0 Å². The number of aromatic hydroxyl groups is 1. The molecule has 31 heavy (non-hydrogen) atoms. The van der Waals surface area contributed by atoms with Gasteiger partial charge in [0.15, 0.2) is 5.82 Å². The number of hydrogen-bond donors (Lipinski definition) is 3. The Balaban J connectivity index is 1.31. The van der Waals surface area contributed by atoms with Crippen LogP contribution in [0.25, 0.3) is 11.3 Å². The summed E-state index contributed by atoms with van der Waals surface area (Å²) in [7, 11) is 0. The largest absolute Gasteiger partial charge is 0.507 e. The Hall–Kier alpha value is -2.18. The van der Waals surface area contributed by atoms with Gasteiger partial charge in [0.05, 0.1) is 24.4 Å². The van der Waals surface area contributed by atoms with E-state index in [4.69, 9.17) is 4.74 Å². The van der Waals surface area contributed by atoms with Crippen LogP contribution >= 0.6 is 0 Å². The first kappa shape index (κ1) is 18.4. The summed E-state index contributed by atoms with van der Waals surface area (Å²) in [6, 6.07) is 4.22. The minimum absolute atomic E-state index is 0.0493. The van der Waals surface area contributed by atoms with Crippen molar-refractivity contribution < 1.29 is 14.9 Å². The van der Waals surface area contributed by atoms with Crippen LogP contribution in [0.1, 0.15) is 60.8 Å². The lowest BCUT2D eigenvalue weighted by molar-refractivity contribution is 0.00822. The molecule has 4 atom stereocenters. The molecule has 2 heterocycles. The molecule has 6 heteroatoms. The Labute approximate surface area is 182 Å². The minimum atomic E-state index is -0.309. The monoisotopic (exact) mass is 419 g/mol. The second kappa shape index (κ2) is 6.42. The number of nitrogens with zero attached hydrogens (tertiary/aromatic N) is 2. The Morgan fingerprint density at radius 3 is 2.71 bits per heavy atom. The van der Waals surface area contributed by atoms with E-state index in [0.717, 1.165) is 85.1 Å². The number of ether oxygens (including phenoxy) is 1. The summed E-state index contributed by atoms with van der Waals surface area (Å²) >= 11 is 0. The van der Waals surface area contributed by atoms with E-state index in [2.05, 4.69) is 21.6 Å². The second-order valence-corrected chi connectivity index (χ2v) is 10.4. The quantitative estimate of drug-likeness (QED) is 0.706. The van der Waals surface area contributed by atoms with Gasteiger partial charge in [0, 0.05) is 17.5 Å². The van der Waals surface area contributed by atoms with Gasteiger partial charge in [-0.1, -0.05) is 6.07 Å². The van der Waals surface area contributed by atoms with E-state index in [1.54, 1.807) is 0 Å². The second-order valence-electron chi connectivity index (χ2n) is 10.4. The maximum absolute atomic E-state index is 11.1. The van der Waals surface area contributed by atoms with Crippen LogP contribution in [-0.4, -0.2) is 38.2 Å². The molecule has 1 aliphatic heterocycles. The molecule has 3 N–H and O–H groups in total. The lowest BCUT2D eigenvalue weighted by atomic mass is 9.90. The molecule has 4 aliphatic carbocycles. The zero-order valence-electron chi connectivity index (χ0n) is 17.7. The number of aliphatic hydroxyl groups is 1. The number of anilines is 1. The molecule has 2 bridgehead atoms. The van der Waals surface area contributed by atoms with Gasteiger partial charge in [-0.15, -0.1) is 10.2 Å². The normalized spacial score (nSPS) is 31.6. The molecule has 6 nitrogen and oxygen atoms in total. The van der Waals surface area contributed by atoms with Crippen molar-refractivity contribution in [3.05, 3.63) is 34.4 Å². The number of aliphatic hydroxyl groups excluding tert-OH is 1. The summed E-state index contributed by atoms with van der Waals surface area (Å²) in [4.78, 5) is 0. The van der Waals surface area contributed by atoms with E-state index in [1.807, 2.05) is 6.07 Å². The molecular formula is C25H29N3O3. The topological polar surface area (TPSA) is 87.5 Å². The molecule has 0 saturated heterocycles. The van der Waals surface area contributed by atoms with Crippen LogP contribution in [0, 0.1) is 11.8 Å². The molecule has 0 radical (unpaired) electrons. The summed E-state index contributed by atoms with van der Waals surface area (Å²) in [6.45, 7) is 0.517. The van der Waals surface area contributed by atoms with Gasteiger partial charge in [0.25, 0.3) is 0 Å². The van der Waals surface area contributed by atoms with Gasteiger partial charge in [-0.05, 0) is 86.0 Å². The molecule has 0 unspecified atom stereocenters. The minimum Gasteiger partial charge on any atom is -0.507 e. The maximum atomic E-state index is 11.1. The van der Waals surface area contributed by atoms with E-state index in [-0.39, 0.29) is 17.7 Å². The summed E-state index contributed by atoms with van der Waals surface area (Å²) in [5, 5.41) is 34.6. The average molecular weight is 420 g/mol. The fourth-order valence-corrected chi connectivity index (χ4v) is 6.70. The molecule has 3 saturated carbocycles. The third kappa shape index (κ3) is 2.70. The van der Waals surface area contributed by atoms with Crippen molar-refractivity contribution in [2.24, 2.45) is 11.8 Å². The molecular weight excluding hydrogens is 390 g/mol. The molecule has 7 rings (SSSR count). The SMILES string of the molecule is Oc1c(-c2nnc(N[C@@H]3[C@@H]4CC[C@@H](C4)[C@H]3O)c3c2CC2(CC2)OC3)ccc2c1CCC2. The highest BCUT2D eigenvalue weighted by atomic mass is 16.5. The lowest BCUT2D eigenvalue weighted by Gasteiger charge is -2.32. The summed E-state index contributed by atoms with van der Waals surface area (Å²) in [5.41, 5.74) is 6.09. The third-order valence-electron chi connectivity index (χ3n) is 8.70. The van der Waals surface area contributed by atoms with Crippen LogP contribution < -0.4 is 5.32 Å². The first-order chi connectivity index (χ1) is 15.1. The number of hydrogen-bond acceptors (Lipinski definition) is 6. The van der Waals surface area contributed by atoms with E-state index >= 15 is 0 Å². The van der Waals surface area contributed by atoms with Crippen LogP contribution in [0.4, 0.5) is 5.82 Å². The van der Waals surface area contributed by atoms with Crippen LogP contribution in [-0.2, 0) is 30.6 Å². The molecule has 162 valence electrons. The fourth-order valence-electron chi connectivity index (χ4n) is 6.70. The zero-order chi connectivity index (χ0) is 20.7. The van der Waals surface area contributed by atoms with Crippen LogP contribution in [0.5, 0.6) is 5.75 Å². The van der Waals surface area contributed by atoms with Gasteiger partial charge in [-0.2, -0.15) is 0 Å². The number of phenolic OH excluding ortho intramolecular Hbond substituents is 1. The number of fused-ring (bicyclic) bond motifs is 4. The Morgan fingerprint density at radius 1 is 1.03 bits per heavy atom. The first-order valence-corrected chi connectivity index (χ1v) is 11.9. The zero-order valence-corrected chi connectivity index (χ0v) is 17.7. The highest BCUT2D eigenvalue weighted by Crippen LogP contribution is 2.51. The highest BCUT2D eigenvalue weighted by Gasteiger charge is 2.50. The van der Waals surface area contributed by atoms with Gasteiger partial charge < -0.3 is 20.3 Å². The standard InChI is InChI=1S/C25H29N3O3/c29-22-15-5-4-14(10-15)20(22)26-24-19-12-31-25(8-9-25)11-18(19)21(27-28-24)17-7-6-13-2-1-3-16(13)23(17)30/h6-7,14-15,20,22,29-30H,1-5,8-12H2,(H,26,28)/t14-,15+,20-,22-/m1/s1. The van der Waals surface area contributed by atoms with Gasteiger partial charge in [-0.25, -0.2) is 0 Å². The molecule has 1 aromatic heterocycles. The number of aryl methyl sites for hydroxylation is 1. The number of phenols is 1. The molecule has 1 spiro atoms. The Bertz CT molecular complexity index is 1080. The molecule has 0 amide bonds. The summed E-state index contributed by atoms with van der Waals surface area (Å²) in [6.07, 6.45) is 9.16. The van der Waals surface area contributed by atoms with Crippen molar-refractivity contribution in [2.45, 2.75) is 82.1 Å². The summed E-state index contributed by atoms with van der Waals surface area (Å²) < 4.78 is 6.26. The van der Waals surface area contributed by atoms with Gasteiger partial charge in [0.2, 0.25) is 0 Å². The van der Waals surface area contributed by atoms with Gasteiger partial charge in [0.1, 0.15) is 11.4 Å². The molecule has 3 fully saturated rings. The van der Waals surface area contributed by atoms with Crippen molar-refractivity contribution in [1.29, 1.82) is 0 Å². The predicted molar refractivity (Wildman–Crippen MR) is 116 cm³/mol. The van der Waals surface area contributed by atoms with Gasteiger partial charge in [-0.3, -0.25) is 0 Å². The van der Waals surface area contributed by atoms with E-state index in [1.165, 1.54) is 12.0 Å². The van der Waals surface area contributed by atoms with E-state index < -0.39 is 0 Å². The van der Waals surface area contributed by atoms with Crippen LogP contribution in [0.3, 0.4) is 0 Å². The van der Waals surface area contributed by atoms with Crippen molar-refractivity contribution in [3.8, 4) is 17.0 Å². The van der Waals surface area contributed by atoms with Crippen molar-refractivity contribution >= 4 is 5.82 Å². The molecule has 1 aromatic carbocycles. The molecule has 2 aromatic rings. The smallest absolute Gasteiger partial charge is 0.154 e. The van der Waals surface area contributed by atoms with E-state index in [9.17, 15) is 10.2 Å². The fraction of sp³-hybridized carbons (Fsp3) is 0.600. The average Bonchev–Trinajstić information content (AvgIpc) is 3.16. The number of nitrogens with one attached hydrogen (secondary N) is 1. The number of benzene rings is 1. The predicted octanol–water partition coefficient (Wildman–Crippen LogP) is 3.51. The lowest BCUT2D eigenvalue weighted by Crippen LogP contribution is -2.39. The van der Waals surface area contributed by atoms with Gasteiger partial charge >= 0.3 is 0 Å². The van der Waals surface area contributed by atoms with Crippen molar-refractivity contribution in [2.75, 3.05) is 5.32 Å². The Morgan fingerprint density at radius 2 is 1.90 bits per heavy atom. The Kier molecular flexibility index (Phi) is 3.81. The number of rotatable bonds is 3. The molecule has 5 aliphatic rings. The van der Waals surface area contributed by atoms with Crippen molar-refractivity contribution in [3.63, 3.8) is 0 Å². The van der Waals surface area contributed by atoms with E-state index in [0.29, 0.717) is 24.2 Å². The highest BCUT2D eigenvalue weighted by molar-refractivity contribution is 5.75. The first-order valence-electron chi connectivity index (χ1n) is 11.9. The maximum Gasteiger partial charge on any atom is 0.154 e. The summed E-state index contributed by atoms with van der Waals surface area (Å²) in [5.74, 6) is 2.07. The third-order valence-corrected chi connectivity index (χ3v) is 8.70. The number of aromatic nitrogens is 2. The van der Waals surface area contributed by atoms with Crippen molar-refractivity contribution in [1.82, 2.24) is 10.2 Å². The van der Waals surface area contributed by atoms with Crippen LogP contribution in [0.15, 0.2) is 12.1 Å².